The van der Waals surface area contributed by atoms with Gasteiger partial charge < -0.3 is 14.8 Å². The molecule has 3 rings (SSSR count). The van der Waals surface area contributed by atoms with Crippen molar-refractivity contribution in [2.45, 2.75) is 52.1 Å². The molecule has 1 aromatic carbocycles. The first-order chi connectivity index (χ1) is 14.3. The zero-order chi connectivity index (χ0) is 21.8. The van der Waals surface area contributed by atoms with E-state index in [1.165, 1.54) is 24.1 Å². The highest BCUT2D eigenvalue weighted by Crippen LogP contribution is 2.38. The van der Waals surface area contributed by atoms with Gasteiger partial charge in [0.05, 0.1) is 6.04 Å². The number of amides is 1. The number of aromatic nitrogens is 1. The van der Waals surface area contributed by atoms with Crippen LogP contribution in [0.1, 0.15) is 59.9 Å². The van der Waals surface area contributed by atoms with Crippen molar-refractivity contribution in [2.75, 3.05) is 20.6 Å². The number of nitrogens with one attached hydrogen (secondary N) is 1. The average Bonchev–Trinajstić information content (AvgIpc) is 3.51. The summed E-state index contributed by atoms with van der Waals surface area (Å²) in [6, 6.07) is 13.3. The van der Waals surface area contributed by atoms with Gasteiger partial charge in [-0.2, -0.15) is 5.26 Å². The number of rotatable bonds is 8. The van der Waals surface area contributed by atoms with Crippen LogP contribution >= 0.6 is 0 Å². The lowest BCUT2D eigenvalue weighted by atomic mass is 10.0. The lowest BCUT2D eigenvalue weighted by molar-refractivity contribution is -0.117. The van der Waals surface area contributed by atoms with Crippen molar-refractivity contribution < 1.29 is 4.79 Å². The molecule has 1 heterocycles. The van der Waals surface area contributed by atoms with Gasteiger partial charge in [0, 0.05) is 24.0 Å². The summed E-state index contributed by atoms with van der Waals surface area (Å²) in [5.74, 6) is -0.328. The molecule has 158 valence electrons. The molecular formula is C25H32N4O. The number of carbonyl (C=O) groups excluding carboxylic acids is 1. The summed E-state index contributed by atoms with van der Waals surface area (Å²) in [5.41, 5.74) is 5.84. The van der Waals surface area contributed by atoms with Gasteiger partial charge in [-0.05, 0) is 76.0 Å². The van der Waals surface area contributed by atoms with Crippen LogP contribution in [0.2, 0.25) is 0 Å². The van der Waals surface area contributed by atoms with Gasteiger partial charge in [-0.3, -0.25) is 4.79 Å². The number of likely N-dealkylation sites (N-methyl/N-ethyl adjacent to an activating group) is 1. The second-order valence-electron chi connectivity index (χ2n) is 8.38. The minimum absolute atomic E-state index is 0.0414. The van der Waals surface area contributed by atoms with Crippen molar-refractivity contribution >= 4 is 12.0 Å². The largest absolute Gasteiger partial charge is 0.349 e. The summed E-state index contributed by atoms with van der Waals surface area (Å²) >= 11 is 0. The standard InChI is InChI=1S/C25H32N4O/c1-6-19-7-9-20(10-8-19)24(28(4)5)16-27-25(30)22(15-26)14-21-13-17(2)29(18(21)3)23-11-12-23/h7-10,13-14,23-24H,6,11-12,16H2,1-5H3,(H,27,30)/b22-14-/t24-/m1/s1. The Morgan fingerprint density at radius 2 is 1.97 bits per heavy atom. The number of carbonyl (C=O) groups is 1. The zero-order valence-corrected chi connectivity index (χ0v) is 18.7. The Labute approximate surface area is 180 Å². The smallest absolute Gasteiger partial charge is 0.262 e. The molecule has 1 fully saturated rings. The Morgan fingerprint density at radius 1 is 1.30 bits per heavy atom. The minimum atomic E-state index is -0.328. The second kappa shape index (κ2) is 9.32. The molecule has 1 aliphatic carbocycles. The van der Waals surface area contributed by atoms with E-state index >= 15 is 0 Å². The van der Waals surface area contributed by atoms with Gasteiger partial charge in [-0.1, -0.05) is 31.2 Å². The maximum atomic E-state index is 12.8. The first-order valence-corrected chi connectivity index (χ1v) is 10.7. The first-order valence-electron chi connectivity index (χ1n) is 10.7. The summed E-state index contributed by atoms with van der Waals surface area (Å²) in [5, 5.41) is 12.6. The molecule has 0 radical (unpaired) electrons. The van der Waals surface area contributed by atoms with Gasteiger partial charge in [-0.25, -0.2) is 0 Å². The van der Waals surface area contributed by atoms with Gasteiger partial charge in [0.25, 0.3) is 5.91 Å². The van der Waals surface area contributed by atoms with Gasteiger partial charge in [0.1, 0.15) is 11.6 Å². The molecule has 1 aliphatic rings. The number of aryl methyl sites for hydroxylation is 2. The molecule has 2 aromatic rings. The molecule has 5 nitrogen and oxygen atoms in total. The summed E-state index contributed by atoms with van der Waals surface area (Å²) in [7, 11) is 4.00. The van der Waals surface area contributed by atoms with Gasteiger partial charge in [0.15, 0.2) is 0 Å². The average molecular weight is 405 g/mol. The molecule has 1 atom stereocenters. The number of nitrogens with zero attached hydrogens (tertiary/aromatic N) is 3. The summed E-state index contributed by atoms with van der Waals surface area (Å²) in [6.45, 7) is 6.72. The summed E-state index contributed by atoms with van der Waals surface area (Å²) in [4.78, 5) is 14.8. The van der Waals surface area contributed by atoms with E-state index in [0.717, 1.165) is 23.2 Å². The predicted molar refractivity (Wildman–Crippen MR) is 121 cm³/mol. The molecule has 0 bridgehead atoms. The molecule has 1 saturated carbocycles. The molecule has 1 amide bonds. The Bertz CT molecular complexity index is 972. The Balaban J connectivity index is 1.73. The normalized spacial score (nSPS) is 15.2. The molecule has 30 heavy (non-hydrogen) atoms. The maximum absolute atomic E-state index is 12.8. The van der Waals surface area contributed by atoms with Gasteiger partial charge >= 0.3 is 0 Å². The van der Waals surface area contributed by atoms with E-state index in [0.29, 0.717) is 12.6 Å². The van der Waals surface area contributed by atoms with Crippen LogP contribution in [0.4, 0.5) is 0 Å². The van der Waals surface area contributed by atoms with Gasteiger partial charge in [-0.15, -0.1) is 0 Å². The number of hydrogen-bond acceptors (Lipinski definition) is 3. The Kier molecular flexibility index (Phi) is 6.79. The number of benzene rings is 1. The third-order valence-electron chi connectivity index (χ3n) is 5.95. The van der Waals surface area contributed by atoms with Crippen molar-refractivity contribution in [2.24, 2.45) is 0 Å². The van der Waals surface area contributed by atoms with Crippen LogP contribution in [0.25, 0.3) is 6.08 Å². The fourth-order valence-electron chi connectivity index (χ4n) is 4.01. The lowest BCUT2D eigenvalue weighted by Gasteiger charge is -2.25. The molecule has 5 heteroatoms. The van der Waals surface area contributed by atoms with Gasteiger partial charge in [0.2, 0.25) is 0 Å². The first kappa shape index (κ1) is 21.9. The lowest BCUT2D eigenvalue weighted by Crippen LogP contribution is -2.35. The molecule has 0 saturated heterocycles. The predicted octanol–water partition coefficient (Wildman–Crippen LogP) is 4.33. The van der Waals surface area contributed by atoms with E-state index in [2.05, 4.69) is 72.0 Å². The van der Waals surface area contributed by atoms with Crippen LogP contribution in [0.3, 0.4) is 0 Å². The molecule has 1 N–H and O–H groups in total. The SMILES string of the molecule is CCc1ccc([C@@H](CNC(=O)/C(C#N)=C\c2cc(C)n(C3CC3)c2C)N(C)C)cc1. The minimum Gasteiger partial charge on any atom is -0.349 e. The van der Waals surface area contributed by atoms with Crippen molar-refractivity contribution in [1.82, 2.24) is 14.8 Å². The van der Waals surface area contributed by atoms with E-state index in [4.69, 9.17) is 0 Å². The van der Waals surface area contributed by atoms with Crippen LogP contribution in [0.5, 0.6) is 0 Å². The van der Waals surface area contributed by atoms with Crippen LogP contribution in [-0.4, -0.2) is 36.0 Å². The Morgan fingerprint density at radius 3 is 2.50 bits per heavy atom. The highest BCUT2D eigenvalue weighted by atomic mass is 16.1. The molecule has 0 unspecified atom stereocenters. The highest BCUT2D eigenvalue weighted by Gasteiger charge is 2.27. The fraction of sp³-hybridized carbons (Fsp3) is 0.440. The van der Waals surface area contributed by atoms with Crippen LogP contribution < -0.4 is 5.32 Å². The van der Waals surface area contributed by atoms with Crippen LogP contribution in [0.15, 0.2) is 35.9 Å². The summed E-state index contributed by atoms with van der Waals surface area (Å²) in [6.07, 6.45) is 5.13. The quantitative estimate of drug-likeness (QED) is 0.526. The third-order valence-corrected chi connectivity index (χ3v) is 5.95. The van der Waals surface area contributed by atoms with Crippen molar-refractivity contribution in [3.05, 3.63) is 64.0 Å². The molecule has 1 aromatic heterocycles. The van der Waals surface area contributed by atoms with Crippen molar-refractivity contribution in [3.8, 4) is 6.07 Å². The maximum Gasteiger partial charge on any atom is 0.262 e. The van der Waals surface area contributed by atoms with E-state index in [1.807, 2.05) is 14.1 Å². The fourth-order valence-corrected chi connectivity index (χ4v) is 4.01. The van der Waals surface area contributed by atoms with E-state index in [-0.39, 0.29) is 17.5 Å². The van der Waals surface area contributed by atoms with E-state index in [1.54, 1.807) is 6.08 Å². The number of hydrogen-bond donors (Lipinski definition) is 1. The van der Waals surface area contributed by atoms with Crippen molar-refractivity contribution in [1.29, 1.82) is 5.26 Å². The van der Waals surface area contributed by atoms with Crippen LogP contribution in [0, 0.1) is 25.2 Å². The van der Waals surface area contributed by atoms with E-state index < -0.39 is 0 Å². The highest BCUT2D eigenvalue weighted by molar-refractivity contribution is 6.01. The van der Waals surface area contributed by atoms with Crippen molar-refractivity contribution in [3.63, 3.8) is 0 Å². The third kappa shape index (κ3) is 4.83. The monoisotopic (exact) mass is 404 g/mol. The molecular weight excluding hydrogens is 372 g/mol. The summed E-state index contributed by atoms with van der Waals surface area (Å²) < 4.78 is 2.32. The second-order valence-corrected chi connectivity index (χ2v) is 8.38. The number of nitriles is 1. The van der Waals surface area contributed by atoms with Crippen LogP contribution in [-0.2, 0) is 11.2 Å². The van der Waals surface area contributed by atoms with E-state index in [9.17, 15) is 10.1 Å². The zero-order valence-electron chi connectivity index (χ0n) is 18.7. The topological polar surface area (TPSA) is 61.1 Å². The molecule has 0 spiro atoms. The Hall–Kier alpha value is -2.84. The molecule has 0 aliphatic heterocycles.